The monoisotopic (exact) mass is 306 g/mol. The lowest BCUT2D eigenvalue weighted by atomic mass is 9.84. The highest BCUT2D eigenvalue weighted by atomic mass is 16.5. The third kappa shape index (κ3) is 3.03. The van der Waals surface area contributed by atoms with Gasteiger partial charge in [0.05, 0.1) is 19.3 Å². The normalized spacial score (nSPS) is 33.0. The summed E-state index contributed by atoms with van der Waals surface area (Å²) in [6.07, 6.45) is 7.67. The van der Waals surface area contributed by atoms with Gasteiger partial charge in [0.1, 0.15) is 5.60 Å². The first-order valence-electron chi connectivity index (χ1n) is 8.15. The molecule has 2 N–H and O–H groups in total. The Balaban J connectivity index is 1.71. The second-order valence-electron chi connectivity index (χ2n) is 6.87. The Morgan fingerprint density at radius 2 is 2.32 bits per heavy atom. The molecule has 1 aromatic rings. The van der Waals surface area contributed by atoms with E-state index in [-0.39, 0.29) is 17.9 Å². The zero-order valence-corrected chi connectivity index (χ0v) is 13.5. The van der Waals surface area contributed by atoms with Gasteiger partial charge in [-0.3, -0.25) is 9.48 Å². The van der Waals surface area contributed by atoms with Crippen molar-refractivity contribution in [3.63, 3.8) is 0 Å². The lowest BCUT2D eigenvalue weighted by Crippen LogP contribution is -2.52. The molecule has 6 heteroatoms. The van der Waals surface area contributed by atoms with Crippen molar-refractivity contribution >= 4 is 5.91 Å². The summed E-state index contributed by atoms with van der Waals surface area (Å²) >= 11 is 0. The Morgan fingerprint density at radius 3 is 3.00 bits per heavy atom. The number of nitrogens with two attached hydrogens (primary N) is 1. The van der Waals surface area contributed by atoms with Crippen molar-refractivity contribution in [2.45, 2.75) is 44.2 Å². The summed E-state index contributed by atoms with van der Waals surface area (Å²) < 4.78 is 7.75. The molecular weight excluding hydrogens is 280 g/mol. The molecule has 1 aromatic heterocycles. The number of ether oxygens (including phenoxy) is 1. The molecule has 1 aliphatic carbocycles. The highest BCUT2D eigenvalue weighted by molar-refractivity contribution is 5.79. The van der Waals surface area contributed by atoms with Crippen LogP contribution in [0.3, 0.4) is 0 Å². The average molecular weight is 306 g/mol. The smallest absolute Gasteiger partial charge is 0.225 e. The predicted molar refractivity (Wildman–Crippen MR) is 83.0 cm³/mol. The summed E-state index contributed by atoms with van der Waals surface area (Å²) in [7, 11) is 1.89. The van der Waals surface area contributed by atoms with E-state index in [9.17, 15) is 4.79 Å². The van der Waals surface area contributed by atoms with Crippen molar-refractivity contribution in [3.8, 4) is 0 Å². The van der Waals surface area contributed by atoms with E-state index < -0.39 is 5.60 Å². The Hall–Kier alpha value is -1.40. The van der Waals surface area contributed by atoms with Crippen molar-refractivity contribution in [2.75, 3.05) is 19.7 Å². The zero-order chi connectivity index (χ0) is 15.7. The van der Waals surface area contributed by atoms with Crippen molar-refractivity contribution in [1.29, 1.82) is 0 Å². The van der Waals surface area contributed by atoms with Crippen LogP contribution >= 0.6 is 0 Å². The number of amides is 1. The van der Waals surface area contributed by atoms with Crippen LogP contribution in [0.4, 0.5) is 0 Å². The summed E-state index contributed by atoms with van der Waals surface area (Å²) in [5.74, 6) is 0.327. The molecule has 22 heavy (non-hydrogen) atoms. The molecule has 6 nitrogen and oxygen atoms in total. The highest BCUT2D eigenvalue weighted by Crippen LogP contribution is 2.31. The molecule has 1 aliphatic heterocycles. The Bertz CT molecular complexity index is 544. The standard InChI is InChI=1S/C16H26N4O2/c1-16(13-9-18-19(2)10-13)11-20(6-7-22-16)15(21)12-4-3-5-14(17)8-12/h9-10,12,14H,3-8,11,17H2,1-2H3/t12-,14-,16-/m0/s1. The van der Waals surface area contributed by atoms with Gasteiger partial charge in [-0.25, -0.2) is 0 Å². The number of aromatic nitrogens is 2. The van der Waals surface area contributed by atoms with Crippen LogP contribution in [0.5, 0.6) is 0 Å². The maximum absolute atomic E-state index is 12.8. The molecule has 2 heterocycles. The lowest BCUT2D eigenvalue weighted by Gasteiger charge is -2.42. The summed E-state index contributed by atoms with van der Waals surface area (Å²) in [6.45, 7) is 3.86. The lowest BCUT2D eigenvalue weighted by molar-refractivity contribution is -0.154. The molecule has 0 bridgehead atoms. The Morgan fingerprint density at radius 1 is 1.50 bits per heavy atom. The van der Waals surface area contributed by atoms with E-state index in [4.69, 9.17) is 10.5 Å². The van der Waals surface area contributed by atoms with E-state index in [0.717, 1.165) is 31.2 Å². The van der Waals surface area contributed by atoms with E-state index in [2.05, 4.69) is 5.10 Å². The molecule has 0 radical (unpaired) electrons. The molecule has 122 valence electrons. The van der Waals surface area contributed by atoms with Gasteiger partial charge in [0.15, 0.2) is 0 Å². The number of aryl methyl sites for hydroxylation is 1. The zero-order valence-electron chi connectivity index (χ0n) is 13.5. The van der Waals surface area contributed by atoms with Crippen LogP contribution in [-0.4, -0.2) is 46.3 Å². The van der Waals surface area contributed by atoms with Crippen molar-refractivity contribution < 1.29 is 9.53 Å². The number of rotatable bonds is 2. The molecule has 2 fully saturated rings. The quantitative estimate of drug-likeness (QED) is 0.885. The maximum Gasteiger partial charge on any atom is 0.225 e. The fraction of sp³-hybridized carbons (Fsp3) is 0.750. The second kappa shape index (κ2) is 6.01. The van der Waals surface area contributed by atoms with Gasteiger partial charge >= 0.3 is 0 Å². The fourth-order valence-electron chi connectivity index (χ4n) is 3.64. The molecule has 3 rings (SSSR count). The third-order valence-electron chi connectivity index (χ3n) is 4.97. The number of hydrogen-bond acceptors (Lipinski definition) is 4. The minimum Gasteiger partial charge on any atom is -0.367 e. The van der Waals surface area contributed by atoms with Crippen LogP contribution in [0.15, 0.2) is 12.4 Å². The Kier molecular flexibility index (Phi) is 4.23. The van der Waals surface area contributed by atoms with Gasteiger partial charge in [-0.15, -0.1) is 0 Å². The minimum atomic E-state index is -0.473. The van der Waals surface area contributed by atoms with Crippen molar-refractivity contribution in [1.82, 2.24) is 14.7 Å². The molecule has 1 saturated carbocycles. The van der Waals surface area contributed by atoms with E-state index in [1.165, 1.54) is 0 Å². The third-order valence-corrected chi connectivity index (χ3v) is 4.97. The molecular formula is C16H26N4O2. The first-order valence-corrected chi connectivity index (χ1v) is 8.15. The topological polar surface area (TPSA) is 73.4 Å². The summed E-state index contributed by atoms with van der Waals surface area (Å²) in [5.41, 5.74) is 6.58. The SMILES string of the molecule is Cn1cc([C@]2(C)CN(C(=O)[C@H]3CCC[C@H](N)C3)CCO2)cn1. The van der Waals surface area contributed by atoms with Gasteiger partial charge in [-0.1, -0.05) is 6.42 Å². The number of carbonyl (C=O) groups excluding carboxylic acids is 1. The summed E-state index contributed by atoms with van der Waals surface area (Å²) in [6, 6.07) is 0.174. The van der Waals surface area contributed by atoms with Crippen molar-refractivity contribution in [2.24, 2.45) is 18.7 Å². The first-order chi connectivity index (χ1) is 10.5. The predicted octanol–water partition coefficient (Wildman–Crippen LogP) is 1.01. The largest absolute Gasteiger partial charge is 0.367 e. The summed E-state index contributed by atoms with van der Waals surface area (Å²) in [4.78, 5) is 14.8. The molecule has 3 atom stereocenters. The molecule has 0 unspecified atom stereocenters. The number of carbonyl (C=O) groups is 1. The first kappa shape index (κ1) is 15.5. The van der Waals surface area contributed by atoms with Crippen LogP contribution in [0.25, 0.3) is 0 Å². The number of hydrogen-bond donors (Lipinski definition) is 1. The average Bonchev–Trinajstić information content (AvgIpc) is 2.94. The van der Waals surface area contributed by atoms with Gasteiger partial charge < -0.3 is 15.4 Å². The fourth-order valence-corrected chi connectivity index (χ4v) is 3.64. The van der Waals surface area contributed by atoms with Crippen molar-refractivity contribution in [3.05, 3.63) is 18.0 Å². The van der Waals surface area contributed by atoms with Crippen LogP contribution in [0, 0.1) is 5.92 Å². The van der Waals surface area contributed by atoms with Gasteiger partial charge in [0, 0.05) is 37.3 Å². The van der Waals surface area contributed by atoms with Crippen LogP contribution in [0.2, 0.25) is 0 Å². The van der Waals surface area contributed by atoms with Crippen LogP contribution in [-0.2, 0) is 22.2 Å². The van der Waals surface area contributed by atoms with E-state index in [0.29, 0.717) is 19.7 Å². The number of morpholine rings is 1. The van der Waals surface area contributed by atoms with E-state index in [1.807, 2.05) is 31.3 Å². The molecule has 2 aliphatic rings. The van der Waals surface area contributed by atoms with Crippen LogP contribution in [0.1, 0.15) is 38.2 Å². The maximum atomic E-state index is 12.8. The Labute approximate surface area is 131 Å². The van der Waals surface area contributed by atoms with Crippen LogP contribution < -0.4 is 5.73 Å². The highest BCUT2D eigenvalue weighted by Gasteiger charge is 2.39. The van der Waals surface area contributed by atoms with E-state index in [1.54, 1.807) is 4.68 Å². The van der Waals surface area contributed by atoms with Gasteiger partial charge in [0.2, 0.25) is 5.91 Å². The van der Waals surface area contributed by atoms with Gasteiger partial charge in [-0.05, 0) is 26.2 Å². The molecule has 1 saturated heterocycles. The van der Waals surface area contributed by atoms with Gasteiger partial charge in [-0.2, -0.15) is 5.10 Å². The summed E-state index contributed by atoms with van der Waals surface area (Å²) in [5, 5.41) is 4.22. The minimum absolute atomic E-state index is 0.0833. The van der Waals surface area contributed by atoms with Gasteiger partial charge in [0.25, 0.3) is 0 Å². The van der Waals surface area contributed by atoms with E-state index >= 15 is 0 Å². The molecule has 1 amide bonds. The number of nitrogens with zero attached hydrogens (tertiary/aromatic N) is 3. The molecule has 0 spiro atoms. The second-order valence-corrected chi connectivity index (χ2v) is 6.87. The molecule has 0 aromatic carbocycles.